The van der Waals surface area contributed by atoms with Crippen LogP contribution < -0.4 is 0 Å². The first-order valence-electron chi connectivity index (χ1n) is 8.62. The summed E-state index contributed by atoms with van der Waals surface area (Å²) >= 11 is 0. The molecule has 0 aromatic rings. The Balaban J connectivity index is 2.29. The number of hydrogen-bond donors (Lipinski definition) is 0. The van der Waals surface area contributed by atoms with E-state index in [2.05, 4.69) is 18.8 Å². The topological polar surface area (TPSA) is 43.4 Å². The fourth-order valence-electron chi connectivity index (χ4n) is 2.33. The van der Waals surface area contributed by atoms with Crippen molar-refractivity contribution < 1.29 is 14.3 Å². The average molecular weight is 315 g/mol. The quantitative estimate of drug-likeness (QED) is 0.347. The monoisotopic (exact) mass is 315 g/mol. The number of unbranched alkanes of at least 4 members (excludes halogenated alkanes) is 4. The van der Waals surface area contributed by atoms with Crippen LogP contribution in [0, 0.1) is 42.9 Å². The molecule has 23 heavy (non-hydrogen) atoms. The summed E-state index contributed by atoms with van der Waals surface area (Å²) in [5.74, 6) is 7.56. The van der Waals surface area contributed by atoms with E-state index in [1.54, 1.807) is 6.92 Å². The summed E-state index contributed by atoms with van der Waals surface area (Å²) in [5.41, 5.74) is 0. The maximum Gasteiger partial charge on any atom is 0.305 e. The number of carbonyl (C=O) groups excluding carboxylic acids is 2. The van der Waals surface area contributed by atoms with Gasteiger partial charge in [0.1, 0.15) is 5.78 Å². The van der Waals surface area contributed by atoms with Gasteiger partial charge in [-0.2, -0.15) is 0 Å². The molecule has 1 fully saturated rings. The third-order valence-corrected chi connectivity index (χ3v) is 3.58. The molecule has 0 spiro atoms. The molecule has 0 aromatic heterocycles. The van der Waals surface area contributed by atoms with Gasteiger partial charge in [-0.1, -0.05) is 32.1 Å². The van der Waals surface area contributed by atoms with E-state index in [1.165, 1.54) is 19.3 Å². The minimum absolute atomic E-state index is 0.0505. The first-order chi connectivity index (χ1) is 11.2. The van der Waals surface area contributed by atoms with Crippen LogP contribution in [0.15, 0.2) is 0 Å². The Morgan fingerprint density at radius 1 is 1.04 bits per heavy atom. The molecule has 0 saturated heterocycles. The molecule has 0 atom stereocenters. The van der Waals surface area contributed by atoms with E-state index in [0.29, 0.717) is 31.8 Å². The van der Waals surface area contributed by atoms with Crippen LogP contribution in [0.1, 0.15) is 65.2 Å². The Morgan fingerprint density at radius 3 is 2.61 bits per heavy atom. The van der Waals surface area contributed by atoms with Gasteiger partial charge in [0.05, 0.1) is 18.4 Å². The summed E-state index contributed by atoms with van der Waals surface area (Å²) in [7, 11) is 0. The highest BCUT2D eigenvalue weighted by Crippen LogP contribution is 2.34. The predicted molar refractivity (Wildman–Crippen MR) is 91.4 cm³/mol. The lowest BCUT2D eigenvalue weighted by molar-refractivity contribution is -0.143. The van der Waals surface area contributed by atoms with Crippen LogP contribution in [-0.4, -0.2) is 18.4 Å². The fraction of sp³-hybridized carbons (Fsp3) is 0.550. The number of rotatable bonds is 10. The molecular weight excluding hydrogens is 288 g/mol. The number of carbonyl (C=O) groups is 2. The molecule has 1 aliphatic carbocycles. The van der Waals surface area contributed by atoms with E-state index in [9.17, 15) is 9.59 Å². The molecule has 3 nitrogen and oxygen atoms in total. The van der Waals surface area contributed by atoms with Crippen molar-refractivity contribution in [2.24, 2.45) is 0 Å². The third kappa shape index (κ3) is 8.21. The van der Waals surface area contributed by atoms with Gasteiger partial charge < -0.3 is 4.74 Å². The standard InChI is InChI=1S/C20H27O3/c1-3-5-6-7-8-9-12-17-13-10-14-18(17)19(21)15-11-16-20(22)23-4-2/h10,13-14H,3-8,11,15-16H2,1-2H3. The van der Waals surface area contributed by atoms with Crippen molar-refractivity contribution in [3.8, 4) is 11.8 Å². The maximum absolute atomic E-state index is 12.2. The summed E-state index contributed by atoms with van der Waals surface area (Å²) in [6.45, 7) is 4.35. The van der Waals surface area contributed by atoms with Crippen molar-refractivity contribution in [1.82, 2.24) is 0 Å². The zero-order valence-electron chi connectivity index (χ0n) is 14.3. The van der Waals surface area contributed by atoms with E-state index in [4.69, 9.17) is 4.74 Å². The predicted octanol–water partition coefficient (Wildman–Crippen LogP) is 4.04. The van der Waals surface area contributed by atoms with E-state index < -0.39 is 0 Å². The third-order valence-electron chi connectivity index (χ3n) is 3.58. The van der Waals surface area contributed by atoms with E-state index in [0.717, 1.165) is 18.8 Å². The van der Waals surface area contributed by atoms with Crippen LogP contribution >= 0.6 is 0 Å². The van der Waals surface area contributed by atoms with Crippen LogP contribution in [0.5, 0.6) is 0 Å². The van der Waals surface area contributed by atoms with Gasteiger partial charge in [0.2, 0.25) is 0 Å². The Kier molecular flexibility index (Phi) is 10.4. The van der Waals surface area contributed by atoms with Crippen LogP contribution in [0.4, 0.5) is 0 Å². The molecule has 0 amide bonds. The van der Waals surface area contributed by atoms with Gasteiger partial charge in [-0.15, -0.1) is 5.92 Å². The minimum Gasteiger partial charge on any atom is -0.466 e. The van der Waals surface area contributed by atoms with Crippen molar-refractivity contribution in [3.63, 3.8) is 0 Å². The molecule has 1 aliphatic rings. The summed E-state index contributed by atoms with van der Waals surface area (Å²) in [6.07, 6.45) is 12.4. The Hall–Kier alpha value is -1.30. The number of Topliss-reactive ketones (excluding diaryl/α,β-unsaturated/α-hetero) is 1. The van der Waals surface area contributed by atoms with Gasteiger partial charge in [0.25, 0.3) is 0 Å². The van der Waals surface area contributed by atoms with Crippen molar-refractivity contribution >= 4 is 11.8 Å². The Morgan fingerprint density at radius 2 is 1.87 bits per heavy atom. The molecule has 3 heteroatoms. The second-order valence-electron chi connectivity index (χ2n) is 5.55. The molecule has 5 radical (unpaired) electrons. The lowest BCUT2D eigenvalue weighted by Gasteiger charge is -2.11. The summed E-state index contributed by atoms with van der Waals surface area (Å²) in [6, 6.07) is 0. The fourth-order valence-corrected chi connectivity index (χ4v) is 2.33. The second-order valence-corrected chi connectivity index (χ2v) is 5.55. The zero-order chi connectivity index (χ0) is 16.9. The molecule has 0 heterocycles. The molecule has 0 aliphatic heterocycles. The molecule has 0 aromatic carbocycles. The summed E-state index contributed by atoms with van der Waals surface area (Å²) < 4.78 is 4.86. The van der Waals surface area contributed by atoms with Gasteiger partial charge in [-0.25, -0.2) is 0 Å². The van der Waals surface area contributed by atoms with E-state index in [1.807, 2.05) is 19.3 Å². The van der Waals surface area contributed by atoms with Crippen LogP contribution in [0.2, 0.25) is 0 Å². The van der Waals surface area contributed by atoms with Gasteiger partial charge in [-0.05, 0) is 39.0 Å². The molecule has 0 N–H and O–H groups in total. The molecule has 1 rings (SSSR count). The normalized spacial score (nSPS) is 15.2. The smallest absolute Gasteiger partial charge is 0.305 e. The lowest BCUT2D eigenvalue weighted by atomic mass is 9.89. The molecular formula is C20H27O3. The molecule has 125 valence electrons. The Bertz CT molecular complexity index is 416. The Labute approximate surface area is 141 Å². The van der Waals surface area contributed by atoms with Crippen molar-refractivity contribution in [2.45, 2.75) is 65.2 Å². The maximum atomic E-state index is 12.2. The lowest BCUT2D eigenvalue weighted by Crippen LogP contribution is -2.15. The number of esters is 1. The summed E-state index contributed by atoms with van der Waals surface area (Å²) in [4.78, 5) is 23.5. The second kappa shape index (κ2) is 12.2. The van der Waals surface area contributed by atoms with Gasteiger partial charge >= 0.3 is 5.97 Å². The molecule has 0 unspecified atom stereocenters. The number of ketones is 1. The van der Waals surface area contributed by atoms with Crippen LogP contribution in [0.25, 0.3) is 0 Å². The minimum atomic E-state index is -0.241. The molecule has 0 bridgehead atoms. The van der Waals surface area contributed by atoms with Crippen molar-refractivity contribution in [2.75, 3.05) is 6.61 Å². The first kappa shape index (κ1) is 19.7. The van der Waals surface area contributed by atoms with Gasteiger partial charge in [-0.3, -0.25) is 9.59 Å². The van der Waals surface area contributed by atoms with Crippen molar-refractivity contribution in [3.05, 3.63) is 31.1 Å². The highest BCUT2D eigenvalue weighted by molar-refractivity contribution is 6.00. The number of ether oxygens (including phenoxy) is 1. The first-order valence-corrected chi connectivity index (χ1v) is 8.62. The highest BCUT2D eigenvalue weighted by Gasteiger charge is 2.33. The van der Waals surface area contributed by atoms with E-state index in [-0.39, 0.29) is 11.8 Å². The number of hydrogen-bond acceptors (Lipinski definition) is 3. The molecule has 1 saturated carbocycles. The SMILES string of the molecule is CCCCCCC#C[C]1[CH][CH][CH][C]1C(=O)CCCC(=O)OCC. The van der Waals surface area contributed by atoms with Crippen molar-refractivity contribution in [1.29, 1.82) is 0 Å². The van der Waals surface area contributed by atoms with E-state index >= 15 is 0 Å². The summed E-state index contributed by atoms with van der Waals surface area (Å²) in [5, 5.41) is 0. The average Bonchev–Trinajstić information content (AvgIpc) is 2.99. The zero-order valence-corrected chi connectivity index (χ0v) is 14.3. The highest BCUT2D eigenvalue weighted by atomic mass is 16.5. The van der Waals surface area contributed by atoms with Crippen LogP contribution in [0.3, 0.4) is 0 Å². The largest absolute Gasteiger partial charge is 0.466 e. The van der Waals surface area contributed by atoms with Gasteiger partial charge in [0.15, 0.2) is 0 Å². The van der Waals surface area contributed by atoms with Gasteiger partial charge in [0, 0.05) is 19.3 Å². The van der Waals surface area contributed by atoms with Crippen LogP contribution in [-0.2, 0) is 14.3 Å².